The van der Waals surface area contributed by atoms with Gasteiger partial charge in [0.25, 0.3) is 0 Å². The quantitative estimate of drug-likeness (QED) is 0.389. The highest BCUT2D eigenvalue weighted by molar-refractivity contribution is 7.89. The van der Waals surface area contributed by atoms with Gasteiger partial charge < -0.3 is 5.32 Å². The molecule has 9 heteroatoms. The molecule has 0 spiro atoms. The van der Waals surface area contributed by atoms with Crippen LogP contribution >= 0.6 is 23.9 Å². The zero-order valence-corrected chi connectivity index (χ0v) is 18.9. The number of halogens is 1. The standard InChI is InChI=1S/C21H22N4O2S2.ClH/c1-15(12-22-8-6-16-2-5-21-19(10-16)14-24-28-21)25-29(26,27)20-4-3-18-13-23-9-7-17(18)11-20;/h2-5,7,9-11,13-15,22,25H,6,8,12H2,1H3;1H/t15-;/m1./s1. The maximum Gasteiger partial charge on any atom is 0.240 e. The first-order chi connectivity index (χ1) is 14.0. The maximum atomic E-state index is 12.7. The van der Waals surface area contributed by atoms with Crippen LogP contribution in [0.25, 0.3) is 20.9 Å². The molecular formula is C21H23ClN4O2S2. The SMILES string of the molecule is C[C@H](CNCCc1ccc2sncc2c1)NS(=O)(=O)c1ccc2cnccc2c1.Cl. The van der Waals surface area contributed by atoms with E-state index in [0.29, 0.717) is 6.54 Å². The van der Waals surface area contributed by atoms with Crippen molar-refractivity contribution >= 4 is 54.8 Å². The summed E-state index contributed by atoms with van der Waals surface area (Å²) in [7, 11) is -3.57. The van der Waals surface area contributed by atoms with E-state index in [1.165, 1.54) is 27.2 Å². The van der Waals surface area contributed by atoms with E-state index in [9.17, 15) is 8.42 Å². The summed E-state index contributed by atoms with van der Waals surface area (Å²) in [5, 5.41) is 6.27. The number of aromatic nitrogens is 2. The molecule has 0 unspecified atom stereocenters. The number of nitrogens with one attached hydrogen (secondary N) is 2. The Hall–Kier alpha value is -2.10. The van der Waals surface area contributed by atoms with Gasteiger partial charge in [-0.1, -0.05) is 12.1 Å². The first kappa shape index (κ1) is 22.6. The third-order valence-corrected chi connectivity index (χ3v) is 7.10. The van der Waals surface area contributed by atoms with Crippen molar-refractivity contribution in [1.29, 1.82) is 0 Å². The van der Waals surface area contributed by atoms with E-state index in [-0.39, 0.29) is 23.3 Å². The zero-order valence-electron chi connectivity index (χ0n) is 16.4. The topological polar surface area (TPSA) is 84.0 Å². The van der Waals surface area contributed by atoms with Gasteiger partial charge in [0.1, 0.15) is 0 Å². The molecule has 2 aromatic carbocycles. The van der Waals surface area contributed by atoms with Gasteiger partial charge in [-0.25, -0.2) is 13.1 Å². The van der Waals surface area contributed by atoms with Crippen molar-refractivity contribution in [3.63, 3.8) is 0 Å². The number of pyridine rings is 1. The molecule has 0 saturated carbocycles. The van der Waals surface area contributed by atoms with Crippen molar-refractivity contribution in [2.75, 3.05) is 13.1 Å². The van der Waals surface area contributed by atoms with Crippen LogP contribution in [0.4, 0.5) is 0 Å². The molecule has 2 aromatic heterocycles. The third-order valence-electron chi connectivity index (χ3n) is 4.74. The Morgan fingerprint density at radius 2 is 1.90 bits per heavy atom. The lowest BCUT2D eigenvalue weighted by Crippen LogP contribution is -2.40. The molecule has 4 rings (SSSR count). The molecule has 0 aliphatic rings. The van der Waals surface area contributed by atoms with Crippen LogP contribution in [0.5, 0.6) is 0 Å². The highest BCUT2D eigenvalue weighted by Gasteiger charge is 2.17. The number of hydrogen-bond acceptors (Lipinski definition) is 6. The van der Waals surface area contributed by atoms with Gasteiger partial charge in [0, 0.05) is 41.9 Å². The summed E-state index contributed by atoms with van der Waals surface area (Å²) < 4.78 is 33.5. The molecule has 6 nitrogen and oxygen atoms in total. The molecule has 0 radical (unpaired) electrons. The first-order valence-corrected chi connectivity index (χ1v) is 11.7. The van der Waals surface area contributed by atoms with Crippen LogP contribution in [0.3, 0.4) is 0 Å². The average molecular weight is 463 g/mol. The van der Waals surface area contributed by atoms with Crippen molar-refractivity contribution in [3.05, 3.63) is 66.6 Å². The van der Waals surface area contributed by atoms with Crippen molar-refractivity contribution in [2.45, 2.75) is 24.3 Å². The summed E-state index contributed by atoms with van der Waals surface area (Å²) in [6, 6.07) is 13.0. The second-order valence-corrected chi connectivity index (χ2v) is 9.61. The summed E-state index contributed by atoms with van der Waals surface area (Å²) in [6.45, 7) is 3.19. The summed E-state index contributed by atoms with van der Waals surface area (Å²) in [6.07, 6.45) is 6.14. The molecule has 0 fully saturated rings. The molecule has 158 valence electrons. The van der Waals surface area contributed by atoms with Gasteiger partial charge in [-0.15, -0.1) is 12.4 Å². The number of hydrogen-bond donors (Lipinski definition) is 2. The van der Waals surface area contributed by atoms with Crippen molar-refractivity contribution in [2.24, 2.45) is 0 Å². The zero-order chi connectivity index (χ0) is 20.3. The predicted octanol–water partition coefficient (Wildman–Crippen LogP) is 3.77. The van der Waals surface area contributed by atoms with E-state index in [0.717, 1.165) is 23.7 Å². The monoisotopic (exact) mass is 462 g/mol. The molecular weight excluding hydrogens is 440 g/mol. The smallest absolute Gasteiger partial charge is 0.240 e. The minimum absolute atomic E-state index is 0. The van der Waals surface area contributed by atoms with Crippen LogP contribution < -0.4 is 10.0 Å². The fourth-order valence-corrected chi connectivity index (χ4v) is 5.14. The van der Waals surface area contributed by atoms with E-state index >= 15 is 0 Å². The predicted molar refractivity (Wildman–Crippen MR) is 125 cm³/mol. The Morgan fingerprint density at radius 1 is 1.03 bits per heavy atom. The Kier molecular flexibility index (Phi) is 7.38. The van der Waals surface area contributed by atoms with E-state index in [4.69, 9.17) is 0 Å². The summed E-state index contributed by atoms with van der Waals surface area (Å²) >= 11 is 1.50. The summed E-state index contributed by atoms with van der Waals surface area (Å²) in [4.78, 5) is 4.32. The third kappa shape index (κ3) is 5.33. The van der Waals surface area contributed by atoms with E-state index in [2.05, 4.69) is 37.6 Å². The lowest BCUT2D eigenvalue weighted by atomic mass is 10.1. The van der Waals surface area contributed by atoms with Crippen LogP contribution in [0.2, 0.25) is 0 Å². The highest BCUT2D eigenvalue weighted by atomic mass is 35.5. The van der Waals surface area contributed by atoms with Crippen molar-refractivity contribution in [1.82, 2.24) is 19.4 Å². The lowest BCUT2D eigenvalue weighted by molar-refractivity contribution is 0.537. The van der Waals surface area contributed by atoms with E-state index in [1.807, 2.05) is 19.2 Å². The average Bonchev–Trinajstić information content (AvgIpc) is 3.18. The fraction of sp³-hybridized carbons (Fsp3) is 0.238. The highest BCUT2D eigenvalue weighted by Crippen LogP contribution is 2.20. The first-order valence-electron chi connectivity index (χ1n) is 9.41. The number of rotatable bonds is 8. The number of nitrogens with zero attached hydrogens (tertiary/aromatic N) is 2. The second-order valence-electron chi connectivity index (χ2n) is 7.06. The Bertz CT molecular complexity index is 1240. The molecule has 4 aromatic rings. The van der Waals surface area contributed by atoms with Gasteiger partial charge in [0.2, 0.25) is 10.0 Å². The normalized spacial score (nSPS) is 12.7. The van der Waals surface area contributed by atoms with Gasteiger partial charge in [-0.05, 0) is 72.7 Å². The Labute approximate surface area is 186 Å². The van der Waals surface area contributed by atoms with Crippen LogP contribution in [0, 0.1) is 0 Å². The molecule has 0 saturated heterocycles. The van der Waals surface area contributed by atoms with Crippen LogP contribution in [0.15, 0.2) is 66.0 Å². The fourth-order valence-electron chi connectivity index (χ4n) is 3.23. The molecule has 0 bridgehead atoms. The summed E-state index contributed by atoms with van der Waals surface area (Å²) in [5.74, 6) is 0. The summed E-state index contributed by atoms with van der Waals surface area (Å²) in [5.41, 5.74) is 1.24. The van der Waals surface area contributed by atoms with Crippen molar-refractivity contribution in [3.8, 4) is 0 Å². The van der Waals surface area contributed by atoms with E-state index in [1.54, 1.807) is 30.6 Å². The number of fused-ring (bicyclic) bond motifs is 2. The van der Waals surface area contributed by atoms with Gasteiger partial charge in [-0.2, -0.15) is 4.37 Å². The molecule has 2 heterocycles. The molecule has 0 aliphatic heterocycles. The number of sulfonamides is 1. The van der Waals surface area contributed by atoms with Crippen LogP contribution in [-0.4, -0.2) is 36.9 Å². The molecule has 0 aliphatic carbocycles. The Balaban J connectivity index is 0.00000256. The number of benzene rings is 2. The molecule has 1 atom stereocenters. The lowest BCUT2D eigenvalue weighted by Gasteiger charge is -2.15. The molecule has 2 N–H and O–H groups in total. The molecule has 0 amide bonds. The van der Waals surface area contributed by atoms with E-state index < -0.39 is 10.0 Å². The van der Waals surface area contributed by atoms with Crippen molar-refractivity contribution < 1.29 is 8.42 Å². The minimum Gasteiger partial charge on any atom is -0.315 e. The molecule has 30 heavy (non-hydrogen) atoms. The Morgan fingerprint density at radius 3 is 2.77 bits per heavy atom. The van der Waals surface area contributed by atoms with Gasteiger partial charge in [0.15, 0.2) is 0 Å². The second kappa shape index (κ2) is 9.80. The largest absolute Gasteiger partial charge is 0.315 e. The van der Waals surface area contributed by atoms with Gasteiger partial charge in [0.05, 0.1) is 9.60 Å². The minimum atomic E-state index is -3.57. The maximum absolute atomic E-state index is 12.7. The van der Waals surface area contributed by atoms with Crippen LogP contribution in [-0.2, 0) is 16.4 Å². The van der Waals surface area contributed by atoms with Gasteiger partial charge in [-0.3, -0.25) is 4.98 Å². The van der Waals surface area contributed by atoms with Gasteiger partial charge >= 0.3 is 0 Å². The van der Waals surface area contributed by atoms with Crippen LogP contribution in [0.1, 0.15) is 12.5 Å².